The lowest BCUT2D eigenvalue weighted by molar-refractivity contribution is 1.17. The van der Waals surface area contributed by atoms with E-state index >= 15 is 0 Å². The Balaban J connectivity index is 1.86. The average Bonchev–Trinajstić information content (AvgIpc) is 2.82. The maximum Gasteiger partial charge on any atom is 0.0788 e. The molecule has 4 aromatic carbocycles. The summed E-state index contributed by atoms with van der Waals surface area (Å²) in [4.78, 5) is 5.32. The number of aryl methyl sites for hydroxylation is 3. The van der Waals surface area contributed by atoms with Gasteiger partial charge in [-0.05, 0) is 66.6 Å². The van der Waals surface area contributed by atoms with Crippen LogP contribution in [-0.4, -0.2) is 4.98 Å². The van der Waals surface area contributed by atoms with Gasteiger partial charge in [-0.25, -0.2) is 4.98 Å². The molecule has 0 atom stereocenters. The quantitative estimate of drug-likeness (QED) is 0.268. The predicted molar refractivity (Wildman–Crippen MR) is 141 cm³/mol. The van der Waals surface area contributed by atoms with E-state index in [0.717, 1.165) is 34.0 Å². The molecular weight excluding hydrogens is 422 g/mol. The number of halogens is 1. The Morgan fingerprint density at radius 1 is 0.636 bits per heavy atom. The third-order valence-corrected chi connectivity index (χ3v) is 6.64. The molecule has 0 aliphatic carbocycles. The standard InChI is InChI=1S/C31H26ClN/c1-20-9-11-24(12-10-20)30-28-18-22(3)21(2)17-27(28)29(19-23-7-5-4-6-8-23)31(33-30)25-13-15-26(32)16-14-25/h4-18H,19H2,1-3H3. The van der Waals surface area contributed by atoms with E-state index in [1.54, 1.807) is 0 Å². The molecule has 162 valence electrons. The Morgan fingerprint density at radius 2 is 1.21 bits per heavy atom. The van der Waals surface area contributed by atoms with Crippen molar-refractivity contribution < 1.29 is 0 Å². The van der Waals surface area contributed by atoms with Crippen molar-refractivity contribution in [2.75, 3.05) is 0 Å². The first-order chi connectivity index (χ1) is 16.0. The molecule has 1 nitrogen and oxygen atoms in total. The first-order valence-electron chi connectivity index (χ1n) is 11.3. The molecule has 0 spiro atoms. The van der Waals surface area contributed by atoms with E-state index in [9.17, 15) is 0 Å². The smallest absolute Gasteiger partial charge is 0.0788 e. The molecular formula is C31H26ClN. The molecule has 0 bridgehead atoms. The van der Waals surface area contributed by atoms with Gasteiger partial charge in [0, 0.05) is 28.0 Å². The molecule has 0 fully saturated rings. The highest BCUT2D eigenvalue weighted by Crippen LogP contribution is 2.38. The number of benzene rings is 4. The van der Waals surface area contributed by atoms with E-state index in [1.165, 1.54) is 38.6 Å². The molecule has 5 aromatic rings. The van der Waals surface area contributed by atoms with Crippen LogP contribution in [0.4, 0.5) is 0 Å². The topological polar surface area (TPSA) is 12.9 Å². The number of hydrogen-bond acceptors (Lipinski definition) is 1. The maximum atomic E-state index is 6.22. The minimum atomic E-state index is 0.731. The lowest BCUT2D eigenvalue weighted by atomic mass is 9.90. The van der Waals surface area contributed by atoms with Crippen LogP contribution in [0.3, 0.4) is 0 Å². The van der Waals surface area contributed by atoms with Gasteiger partial charge in [-0.1, -0.05) is 90.0 Å². The van der Waals surface area contributed by atoms with Crippen LogP contribution < -0.4 is 0 Å². The van der Waals surface area contributed by atoms with Gasteiger partial charge < -0.3 is 0 Å². The molecule has 1 heterocycles. The largest absolute Gasteiger partial charge is 0.247 e. The summed E-state index contributed by atoms with van der Waals surface area (Å²) in [7, 11) is 0. The lowest BCUT2D eigenvalue weighted by Crippen LogP contribution is -2.01. The number of rotatable bonds is 4. The molecule has 5 rings (SSSR count). The normalized spacial score (nSPS) is 11.2. The highest BCUT2D eigenvalue weighted by Gasteiger charge is 2.18. The Labute approximate surface area is 200 Å². The molecule has 0 saturated heterocycles. The first kappa shape index (κ1) is 21.4. The van der Waals surface area contributed by atoms with Crippen LogP contribution in [0.1, 0.15) is 27.8 Å². The van der Waals surface area contributed by atoms with E-state index in [1.807, 2.05) is 12.1 Å². The minimum absolute atomic E-state index is 0.731. The third-order valence-electron chi connectivity index (χ3n) is 6.39. The Hall–Kier alpha value is -3.42. The molecule has 0 amide bonds. The number of aromatic nitrogens is 1. The van der Waals surface area contributed by atoms with Crippen LogP contribution in [0.5, 0.6) is 0 Å². The number of nitrogens with zero attached hydrogens (tertiary/aromatic N) is 1. The first-order valence-corrected chi connectivity index (χ1v) is 11.7. The van der Waals surface area contributed by atoms with E-state index in [2.05, 4.69) is 99.6 Å². The minimum Gasteiger partial charge on any atom is -0.247 e. The van der Waals surface area contributed by atoms with Crippen LogP contribution >= 0.6 is 11.6 Å². The fourth-order valence-corrected chi connectivity index (χ4v) is 4.51. The van der Waals surface area contributed by atoms with Gasteiger partial charge in [0.2, 0.25) is 0 Å². The molecule has 0 saturated carbocycles. The second-order valence-electron chi connectivity index (χ2n) is 8.80. The molecule has 0 aliphatic rings. The van der Waals surface area contributed by atoms with Gasteiger partial charge in [-0.2, -0.15) is 0 Å². The summed E-state index contributed by atoms with van der Waals surface area (Å²) in [6.45, 7) is 6.48. The lowest BCUT2D eigenvalue weighted by Gasteiger charge is -2.18. The Bertz CT molecular complexity index is 1430. The SMILES string of the molecule is Cc1ccc(-c2nc(-c3ccc(Cl)cc3)c(Cc3ccccc3)c3cc(C)c(C)cc23)cc1. The summed E-state index contributed by atoms with van der Waals surface area (Å²) in [6.07, 6.45) is 0.818. The van der Waals surface area contributed by atoms with Gasteiger partial charge in [0.05, 0.1) is 11.4 Å². The van der Waals surface area contributed by atoms with E-state index in [-0.39, 0.29) is 0 Å². The summed E-state index contributed by atoms with van der Waals surface area (Å²) in [6, 6.07) is 32.0. The van der Waals surface area contributed by atoms with Crippen molar-refractivity contribution in [2.45, 2.75) is 27.2 Å². The number of pyridine rings is 1. The van der Waals surface area contributed by atoms with Crippen LogP contribution in [-0.2, 0) is 6.42 Å². The van der Waals surface area contributed by atoms with Gasteiger partial charge in [-0.15, -0.1) is 0 Å². The number of fused-ring (bicyclic) bond motifs is 1. The second-order valence-corrected chi connectivity index (χ2v) is 9.24. The van der Waals surface area contributed by atoms with Gasteiger partial charge in [0.15, 0.2) is 0 Å². The zero-order valence-electron chi connectivity index (χ0n) is 19.2. The van der Waals surface area contributed by atoms with Crippen molar-refractivity contribution in [1.29, 1.82) is 0 Å². The molecule has 2 heteroatoms. The zero-order chi connectivity index (χ0) is 22.9. The van der Waals surface area contributed by atoms with Gasteiger partial charge >= 0.3 is 0 Å². The third kappa shape index (κ3) is 4.29. The van der Waals surface area contributed by atoms with E-state index < -0.39 is 0 Å². The zero-order valence-corrected chi connectivity index (χ0v) is 19.9. The van der Waals surface area contributed by atoms with E-state index in [4.69, 9.17) is 16.6 Å². The van der Waals surface area contributed by atoms with E-state index in [0.29, 0.717) is 0 Å². The predicted octanol–water partition coefficient (Wildman–Crippen LogP) is 8.74. The molecule has 0 aliphatic heterocycles. The molecule has 0 unspecified atom stereocenters. The van der Waals surface area contributed by atoms with Crippen molar-refractivity contribution in [3.8, 4) is 22.5 Å². The molecule has 1 aromatic heterocycles. The maximum absolute atomic E-state index is 6.22. The fourth-order valence-electron chi connectivity index (χ4n) is 4.39. The van der Waals surface area contributed by atoms with Gasteiger partial charge in [-0.3, -0.25) is 0 Å². The molecule has 33 heavy (non-hydrogen) atoms. The van der Waals surface area contributed by atoms with Crippen molar-refractivity contribution in [2.24, 2.45) is 0 Å². The van der Waals surface area contributed by atoms with Gasteiger partial charge in [0.1, 0.15) is 0 Å². The van der Waals surface area contributed by atoms with Crippen molar-refractivity contribution in [1.82, 2.24) is 4.98 Å². The molecule has 0 N–H and O–H groups in total. The summed E-state index contributed by atoms with van der Waals surface area (Å²) in [5, 5.41) is 3.19. The highest BCUT2D eigenvalue weighted by molar-refractivity contribution is 6.30. The van der Waals surface area contributed by atoms with Crippen molar-refractivity contribution >= 4 is 22.4 Å². The Morgan fingerprint density at radius 3 is 1.88 bits per heavy atom. The van der Waals surface area contributed by atoms with Crippen molar-refractivity contribution in [3.05, 3.63) is 124 Å². The summed E-state index contributed by atoms with van der Waals surface area (Å²) < 4.78 is 0. The van der Waals surface area contributed by atoms with Crippen LogP contribution in [0.2, 0.25) is 5.02 Å². The molecule has 0 radical (unpaired) electrons. The number of hydrogen-bond donors (Lipinski definition) is 0. The highest BCUT2D eigenvalue weighted by atomic mass is 35.5. The van der Waals surface area contributed by atoms with Crippen molar-refractivity contribution in [3.63, 3.8) is 0 Å². The summed E-state index contributed by atoms with van der Waals surface area (Å²) in [5.41, 5.74) is 10.6. The monoisotopic (exact) mass is 447 g/mol. The fraction of sp³-hybridized carbons (Fsp3) is 0.129. The Kier molecular flexibility index (Phi) is 5.74. The van der Waals surface area contributed by atoms with Crippen LogP contribution in [0.25, 0.3) is 33.3 Å². The average molecular weight is 448 g/mol. The second kappa shape index (κ2) is 8.84. The van der Waals surface area contributed by atoms with Crippen LogP contribution in [0, 0.1) is 20.8 Å². The summed E-state index contributed by atoms with van der Waals surface area (Å²) >= 11 is 6.22. The van der Waals surface area contributed by atoms with Gasteiger partial charge in [0.25, 0.3) is 0 Å². The summed E-state index contributed by atoms with van der Waals surface area (Å²) in [5.74, 6) is 0. The van der Waals surface area contributed by atoms with Crippen LogP contribution in [0.15, 0.2) is 91.0 Å².